The van der Waals surface area contributed by atoms with Crippen LogP contribution < -0.4 is 11.1 Å². The highest BCUT2D eigenvalue weighted by Crippen LogP contribution is 2.37. The molecule has 0 heterocycles. The highest BCUT2D eigenvalue weighted by Gasteiger charge is 2.48. The van der Waals surface area contributed by atoms with Crippen molar-refractivity contribution in [2.75, 3.05) is 6.54 Å². The van der Waals surface area contributed by atoms with Crippen molar-refractivity contribution in [3.05, 3.63) is 0 Å². The zero-order valence-corrected chi connectivity index (χ0v) is 7.82. The molecule has 0 aliphatic heterocycles. The summed E-state index contributed by atoms with van der Waals surface area (Å²) in [5, 5.41) is 2.20. The summed E-state index contributed by atoms with van der Waals surface area (Å²) < 4.78 is 35.7. The summed E-state index contributed by atoms with van der Waals surface area (Å²) in [6.45, 7) is 0.707. The van der Waals surface area contributed by atoms with Crippen LogP contribution in [0.2, 0.25) is 0 Å². The summed E-state index contributed by atoms with van der Waals surface area (Å²) in [5.74, 6) is -0.442. The summed E-state index contributed by atoms with van der Waals surface area (Å²) in [5.41, 5.74) is 3.93. The van der Waals surface area contributed by atoms with Gasteiger partial charge in [-0.2, -0.15) is 13.2 Å². The van der Waals surface area contributed by atoms with Crippen molar-refractivity contribution < 1.29 is 18.0 Å². The Bertz CT molecular complexity index is 233. The first-order valence-electron chi connectivity index (χ1n) is 4.37. The van der Waals surface area contributed by atoms with Gasteiger partial charge in [0.2, 0.25) is 5.91 Å². The number of alkyl halides is 3. The first kappa shape index (κ1) is 11.3. The van der Waals surface area contributed by atoms with Gasteiger partial charge >= 0.3 is 6.18 Å². The minimum atomic E-state index is -4.30. The number of rotatable bonds is 3. The van der Waals surface area contributed by atoms with Crippen LogP contribution in [0, 0.1) is 5.92 Å². The van der Waals surface area contributed by atoms with E-state index in [2.05, 4.69) is 5.32 Å². The van der Waals surface area contributed by atoms with E-state index < -0.39 is 24.2 Å². The normalized spacial score (nSPS) is 32.4. The standard InChI is InChI=1S/C8H13F3N2O/c1-5-2-7(3-5,6(12)14)13-4-8(9,10)11/h5,13H,2-4H2,1H3,(H2,12,14). The second-order valence-corrected chi connectivity index (χ2v) is 3.93. The summed E-state index contributed by atoms with van der Waals surface area (Å²) in [6.07, 6.45) is -3.53. The molecule has 0 saturated heterocycles. The summed E-state index contributed by atoms with van der Waals surface area (Å²) in [7, 11) is 0. The van der Waals surface area contributed by atoms with Crippen molar-refractivity contribution >= 4 is 5.91 Å². The Labute approximate surface area is 79.8 Å². The van der Waals surface area contributed by atoms with Gasteiger partial charge in [0.1, 0.15) is 0 Å². The lowest BCUT2D eigenvalue weighted by atomic mass is 9.68. The van der Waals surface area contributed by atoms with Gasteiger partial charge in [-0.1, -0.05) is 6.92 Å². The second kappa shape index (κ2) is 3.42. The van der Waals surface area contributed by atoms with E-state index in [0.717, 1.165) is 0 Å². The molecule has 0 aromatic heterocycles. The number of halogens is 3. The molecule has 3 nitrogen and oxygen atoms in total. The van der Waals surface area contributed by atoms with E-state index >= 15 is 0 Å². The van der Waals surface area contributed by atoms with E-state index in [1.54, 1.807) is 0 Å². The van der Waals surface area contributed by atoms with Crippen LogP contribution in [0.1, 0.15) is 19.8 Å². The third kappa shape index (κ3) is 2.37. The van der Waals surface area contributed by atoms with Gasteiger partial charge in [0.05, 0.1) is 12.1 Å². The monoisotopic (exact) mass is 210 g/mol. The fourth-order valence-corrected chi connectivity index (χ4v) is 1.83. The van der Waals surface area contributed by atoms with Crippen molar-refractivity contribution in [2.45, 2.75) is 31.5 Å². The Morgan fingerprint density at radius 3 is 2.36 bits per heavy atom. The molecule has 1 rings (SSSR count). The lowest BCUT2D eigenvalue weighted by Gasteiger charge is -2.44. The van der Waals surface area contributed by atoms with Crippen LogP contribution in [-0.2, 0) is 4.79 Å². The predicted octanol–water partition coefficient (Wildman–Crippen LogP) is 0.792. The third-order valence-electron chi connectivity index (χ3n) is 2.49. The highest BCUT2D eigenvalue weighted by molar-refractivity contribution is 5.85. The molecular weight excluding hydrogens is 197 g/mol. The van der Waals surface area contributed by atoms with Crippen molar-refractivity contribution in [2.24, 2.45) is 11.7 Å². The summed E-state index contributed by atoms with van der Waals surface area (Å²) in [4.78, 5) is 11.0. The predicted molar refractivity (Wildman–Crippen MR) is 44.4 cm³/mol. The lowest BCUT2D eigenvalue weighted by molar-refractivity contribution is -0.142. The number of hydrogen-bond acceptors (Lipinski definition) is 2. The molecule has 0 aromatic rings. The Hall–Kier alpha value is -0.780. The second-order valence-electron chi connectivity index (χ2n) is 3.93. The maximum atomic E-state index is 11.9. The van der Waals surface area contributed by atoms with E-state index in [1.165, 1.54) is 0 Å². The number of carbonyl (C=O) groups is 1. The summed E-state index contributed by atoms with van der Waals surface area (Å²) >= 11 is 0. The smallest absolute Gasteiger partial charge is 0.368 e. The van der Waals surface area contributed by atoms with Crippen molar-refractivity contribution in [1.29, 1.82) is 0 Å². The third-order valence-corrected chi connectivity index (χ3v) is 2.49. The SMILES string of the molecule is CC1CC(NCC(F)(F)F)(C(N)=O)C1. The van der Waals surface area contributed by atoms with Gasteiger partial charge in [0.25, 0.3) is 0 Å². The molecule has 0 aromatic carbocycles. The maximum absolute atomic E-state index is 11.9. The first-order valence-corrected chi connectivity index (χ1v) is 4.37. The van der Waals surface area contributed by atoms with Crippen LogP contribution in [0.3, 0.4) is 0 Å². The van der Waals surface area contributed by atoms with Crippen LogP contribution >= 0.6 is 0 Å². The van der Waals surface area contributed by atoms with Gasteiger partial charge in [-0.25, -0.2) is 0 Å². The number of nitrogens with two attached hydrogens (primary N) is 1. The van der Waals surface area contributed by atoms with Crippen molar-refractivity contribution in [1.82, 2.24) is 5.32 Å². The number of hydrogen-bond donors (Lipinski definition) is 2. The zero-order chi connectivity index (χ0) is 11.0. The molecular formula is C8H13F3N2O. The van der Waals surface area contributed by atoms with E-state index in [4.69, 9.17) is 5.73 Å². The molecule has 14 heavy (non-hydrogen) atoms. The molecule has 0 atom stereocenters. The fraction of sp³-hybridized carbons (Fsp3) is 0.875. The van der Waals surface area contributed by atoms with E-state index in [9.17, 15) is 18.0 Å². The Balaban J connectivity index is 2.51. The highest BCUT2D eigenvalue weighted by atomic mass is 19.4. The van der Waals surface area contributed by atoms with Gasteiger partial charge in [-0.3, -0.25) is 10.1 Å². The number of carbonyl (C=O) groups excluding carboxylic acids is 1. The number of nitrogens with one attached hydrogen (secondary N) is 1. The topological polar surface area (TPSA) is 55.1 Å². The van der Waals surface area contributed by atoms with Gasteiger partial charge in [0.15, 0.2) is 0 Å². The molecule has 1 aliphatic rings. The van der Waals surface area contributed by atoms with Crippen molar-refractivity contribution in [3.8, 4) is 0 Å². The average Bonchev–Trinajstić information content (AvgIpc) is 1.93. The minimum Gasteiger partial charge on any atom is -0.368 e. The molecule has 0 bridgehead atoms. The van der Waals surface area contributed by atoms with Crippen LogP contribution in [0.5, 0.6) is 0 Å². The molecule has 0 unspecified atom stereocenters. The molecule has 0 spiro atoms. The maximum Gasteiger partial charge on any atom is 0.401 e. The Morgan fingerprint density at radius 1 is 1.57 bits per heavy atom. The molecule has 1 amide bonds. The molecule has 1 saturated carbocycles. The Morgan fingerprint density at radius 2 is 2.07 bits per heavy atom. The van der Waals surface area contributed by atoms with Gasteiger partial charge < -0.3 is 5.73 Å². The van der Waals surface area contributed by atoms with E-state index in [0.29, 0.717) is 12.8 Å². The summed E-state index contributed by atoms with van der Waals surface area (Å²) in [6, 6.07) is 0. The Kier molecular flexibility index (Phi) is 2.76. The average molecular weight is 210 g/mol. The minimum absolute atomic E-state index is 0.253. The number of primary amides is 1. The van der Waals surface area contributed by atoms with Crippen LogP contribution in [-0.4, -0.2) is 24.2 Å². The molecule has 6 heteroatoms. The largest absolute Gasteiger partial charge is 0.401 e. The van der Waals surface area contributed by atoms with Crippen LogP contribution in [0.15, 0.2) is 0 Å². The molecule has 1 fully saturated rings. The zero-order valence-electron chi connectivity index (χ0n) is 7.82. The van der Waals surface area contributed by atoms with Crippen LogP contribution in [0.4, 0.5) is 13.2 Å². The fourth-order valence-electron chi connectivity index (χ4n) is 1.83. The van der Waals surface area contributed by atoms with Crippen LogP contribution in [0.25, 0.3) is 0 Å². The van der Waals surface area contributed by atoms with Gasteiger partial charge in [-0.05, 0) is 18.8 Å². The quantitative estimate of drug-likeness (QED) is 0.723. The molecule has 3 N–H and O–H groups in total. The molecule has 82 valence electrons. The molecule has 0 radical (unpaired) electrons. The lowest BCUT2D eigenvalue weighted by Crippen LogP contribution is -2.64. The number of amides is 1. The van der Waals surface area contributed by atoms with Gasteiger partial charge in [-0.15, -0.1) is 0 Å². The van der Waals surface area contributed by atoms with Crippen molar-refractivity contribution in [3.63, 3.8) is 0 Å². The van der Waals surface area contributed by atoms with E-state index in [-0.39, 0.29) is 5.92 Å². The first-order chi connectivity index (χ1) is 6.25. The van der Waals surface area contributed by atoms with E-state index in [1.807, 2.05) is 6.92 Å². The van der Waals surface area contributed by atoms with Gasteiger partial charge in [0, 0.05) is 0 Å². The molecule has 1 aliphatic carbocycles.